The smallest absolute Gasteiger partial charge is 0.119 e. The van der Waals surface area contributed by atoms with Gasteiger partial charge in [-0.2, -0.15) is 0 Å². The van der Waals surface area contributed by atoms with E-state index in [1.165, 1.54) is 17.5 Å². The molecule has 72 valence electrons. The van der Waals surface area contributed by atoms with Crippen molar-refractivity contribution in [3.63, 3.8) is 0 Å². The second-order valence-electron chi connectivity index (χ2n) is 3.27. The quantitative estimate of drug-likeness (QED) is 0.687. The molecule has 1 aromatic rings. The predicted molar refractivity (Wildman–Crippen MR) is 56.3 cm³/mol. The summed E-state index contributed by atoms with van der Waals surface area (Å²) < 4.78 is 5.45. The highest BCUT2D eigenvalue weighted by Crippen LogP contribution is 2.18. The lowest BCUT2D eigenvalue weighted by Gasteiger charge is -2.08. The van der Waals surface area contributed by atoms with Crippen LogP contribution in [0.25, 0.3) is 0 Å². The summed E-state index contributed by atoms with van der Waals surface area (Å²) in [6.07, 6.45) is 2.34. The average molecular weight is 178 g/mol. The first kappa shape index (κ1) is 10.1. The van der Waals surface area contributed by atoms with Gasteiger partial charge in [-0.1, -0.05) is 19.4 Å². The summed E-state index contributed by atoms with van der Waals surface area (Å²) in [6.45, 7) is 7.11. The first-order valence-corrected chi connectivity index (χ1v) is 5.00. The van der Waals surface area contributed by atoms with Gasteiger partial charge in [0, 0.05) is 0 Å². The topological polar surface area (TPSA) is 9.23 Å². The van der Waals surface area contributed by atoms with Crippen molar-refractivity contribution < 1.29 is 4.74 Å². The number of hydrogen-bond donors (Lipinski definition) is 0. The number of aryl methyl sites for hydroxylation is 2. The molecule has 0 aliphatic heterocycles. The molecule has 0 saturated heterocycles. The van der Waals surface area contributed by atoms with Gasteiger partial charge in [0.25, 0.3) is 0 Å². The summed E-state index contributed by atoms with van der Waals surface area (Å²) in [5.41, 5.74) is 2.78. The van der Waals surface area contributed by atoms with Crippen molar-refractivity contribution in [1.29, 1.82) is 0 Å². The van der Waals surface area contributed by atoms with Gasteiger partial charge in [-0.25, -0.2) is 0 Å². The van der Waals surface area contributed by atoms with Crippen LogP contribution in [-0.4, -0.2) is 6.61 Å². The highest BCUT2D eigenvalue weighted by molar-refractivity contribution is 5.34. The minimum absolute atomic E-state index is 0.745. The molecule has 1 heteroatoms. The molecule has 0 bridgehead atoms. The maximum atomic E-state index is 5.45. The van der Waals surface area contributed by atoms with Gasteiger partial charge in [-0.05, 0) is 43.5 Å². The molecule has 0 fully saturated rings. The molecule has 0 radical (unpaired) electrons. The summed E-state index contributed by atoms with van der Waals surface area (Å²) in [5.74, 6) is 0.997. The van der Waals surface area contributed by atoms with Crippen LogP contribution in [0.4, 0.5) is 0 Å². The maximum Gasteiger partial charge on any atom is 0.119 e. The minimum Gasteiger partial charge on any atom is -0.494 e. The van der Waals surface area contributed by atoms with Crippen molar-refractivity contribution in [3.05, 3.63) is 29.3 Å². The molecule has 0 aliphatic rings. The molecule has 0 saturated carbocycles. The largest absolute Gasteiger partial charge is 0.494 e. The fraction of sp³-hybridized carbons (Fsp3) is 0.500. The van der Waals surface area contributed by atoms with Crippen molar-refractivity contribution in [2.75, 3.05) is 6.61 Å². The zero-order valence-corrected chi connectivity index (χ0v) is 8.76. The number of ether oxygens (including phenoxy) is 1. The Morgan fingerprint density at radius 2 is 2.00 bits per heavy atom. The lowest BCUT2D eigenvalue weighted by Crippen LogP contribution is -1.94. The standard InChI is InChI=1S/C12H18O/c1-4-6-11-9-12(13-5-2)8-7-10(11)3/h7-9H,4-6H2,1-3H3. The van der Waals surface area contributed by atoms with E-state index in [1.807, 2.05) is 13.0 Å². The minimum atomic E-state index is 0.745. The van der Waals surface area contributed by atoms with Crippen LogP contribution in [0.3, 0.4) is 0 Å². The molecule has 0 N–H and O–H groups in total. The van der Waals surface area contributed by atoms with Crippen molar-refractivity contribution in [3.8, 4) is 5.75 Å². The van der Waals surface area contributed by atoms with E-state index in [0.717, 1.165) is 18.8 Å². The molecule has 1 rings (SSSR count). The van der Waals surface area contributed by atoms with Gasteiger partial charge < -0.3 is 4.74 Å². The van der Waals surface area contributed by atoms with Gasteiger partial charge in [0.2, 0.25) is 0 Å². The number of benzene rings is 1. The summed E-state index contributed by atoms with van der Waals surface area (Å²) in [4.78, 5) is 0. The fourth-order valence-corrected chi connectivity index (χ4v) is 1.44. The van der Waals surface area contributed by atoms with E-state index in [0.29, 0.717) is 0 Å². The Bertz CT molecular complexity index is 266. The van der Waals surface area contributed by atoms with Crippen LogP contribution in [0.2, 0.25) is 0 Å². The van der Waals surface area contributed by atoms with Crippen LogP contribution < -0.4 is 4.74 Å². The molecule has 0 spiro atoms. The summed E-state index contributed by atoms with van der Waals surface area (Å²) in [5, 5.41) is 0. The Morgan fingerprint density at radius 3 is 2.62 bits per heavy atom. The molecular formula is C12H18O. The molecular weight excluding hydrogens is 160 g/mol. The van der Waals surface area contributed by atoms with E-state index >= 15 is 0 Å². The second-order valence-corrected chi connectivity index (χ2v) is 3.27. The molecule has 0 aliphatic carbocycles. The Kier molecular flexibility index (Phi) is 3.81. The van der Waals surface area contributed by atoms with Crippen molar-refractivity contribution in [1.82, 2.24) is 0 Å². The van der Waals surface area contributed by atoms with Crippen LogP contribution in [0.5, 0.6) is 5.75 Å². The molecule has 0 atom stereocenters. The Hall–Kier alpha value is -0.980. The Labute approximate surface area is 80.7 Å². The van der Waals surface area contributed by atoms with Gasteiger partial charge >= 0.3 is 0 Å². The maximum absolute atomic E-state index is 5.45. The Morgan fingerprint density at radius 1 is 1.23 bits per heavy atom. The van der Waals surface area contributed by atoms with Crippen molar-refractivity contribution >= 4 is 0 Å². The molecule has 0 amide bonds. The molecule has 0 heterocycles. The van der Waals surface area contributed by atoms with Crippen LogP contribution in [0.15, 0.2) is 18.2 Å². The predicted octanol–water partition coefficient (Wildman–Crippen LogP) is 3.35. The normalized spacial score (nSPS) is 10.1. The van der Waals surface area contributed by atoms with Gasteiger partial charge in [0.1, 0.15) is 5.75 Å². The van der Waals surface area contributed by atoms with Gasteiger partial charge in [0.05, 0.1) is 6.61 Å². The van der Waals surface area contributed by atoms with Gasteiger partial charge in [-0.3, -0.25) is 0 Å². The molecule has 1 aromatic carbocycles. The van der Waals surface area contributed by atoms with Crippen LogP contribution in [0, 0.1) is 6.92 Å². The van der Waals surface area contributed by atoms with Crippen molar-refractivity contribution in [2.45, 2.75) is 33.6 Å². The summed E-state index contributed by atoms with van der Waals surface area (Å²) in [7, 11) is 0. The lowest BCUT2D eigenvalue weighted by molar-refractivity contribution is 0.340. The lowest BCUT2D eigenvalue weighted by atomic mass is 10.0. The van der Waals surface area contributed by atoms with E-state index < -0.39 is 0 Å². The average Bonchev–Trinajstić information content (AvgIpc) is 2.12. The molecule has 1 nitrogen and oxygen atoms in total. The third-order valence-corrected chi connectivity index (χ3v) is 2.15. The monoisotopic (exact) mass is 178 g/mol. The van der Waals surface area contributed by atoms with E-state index in [4.69, 9.17) is 4.74 Å². The molecule has 13 heavy (non-hydrogen) atoms. The highest BCUT2D eigenvalue weighted by atomic mass is 16.5. The second kappa shape index (κ2) is 4.90. The van der Waals surface area contributed by atoms with E-state index in [1.54, 1.807) is 0 Å². The SMILES string of the molecule is CCCc1cc(OCC)ccc1C. The zero-order chi connectivity index (χ0) is 9.68. The number of hydrogen-bond acceptors (Lipinski definition) is 1. The fourth-order valence-electron chi connectivity index (χ4n) is 1.44. The molecule has 0 aromatic heterocycles. The highest BCUT2D eigenvalue weighted by Gasteiger charge is 1.99. The van der Waals surface area contributed by atoms with Crippen molar-refractivity contribution in [2.24, 2.45) is 0 Å². The first-order valence-electron chi connectivity index (χ1n) is 5.00. The summed E-state index contributed by atoms with van der Waals surface area (Å²) >= 11 is 0. The van der Waals surface area contributed by atoms with Crippen LogP contribution in [-0.2, 0) is 6.42 Å². The van der Waals surface area contributed by atoms with Crippen LogP contribution in [0.1, 0.15) is 31.4 Å². The summed E-state index contributed by atoms with van der Waals surface area (Å²) in [6, 6.07) is 6.33. The van der Waals surface area contributed by atoms with E-state index in [9.17, 15) is 0 Å². The third-order valence-electron chi connectivity index (χ3n) is 2.15. The van der Waals surface area contributed by atoms with Gasteiger partial charge in [-0.15, -0.1) is 0 Å². The zero-order valence-electron chi connectivity index (χ0n) is 8.76. The van der Waals surface area contributed by atoms with Crippen LogP contribution >= 0.6 is 0 Å². The number of rotatable bonds is 4. The first-order chi connectivity index (χ1) is 6.27. The van der Waals surface area contributed by atoms with E-state index in [-0.39, 0.29) is 0 Å². The van der Waals surface area contributed by atoms with Gasteiger partial charge in [0.15, 0.2) is 0 Å². The Balaban J connectivity index is 2.83. The van der Waals surface area contributed by atoms with E-state index in [2.05, 4.69) is 26.0 Å². The third kappa shape index (κ3) is 2.76. The molecule has 0 unspecified atom stereocenters.